The molecule has 2 heterocycles. The first-order chi connectivity index (χ1) is 20.3. The molecule has 2 atom stereocenters. The third-order valence-corrected chi connectivity index (χ3v) is 8.61. The molecule has 0 aromatic heterocycles. The number of ether oxygens (including phenoxy) is 4. The number of esters is 1. The van der Waals surface area contributed by atoms with Crippen molar-refractivity contribution in [1.29, 1.82) is 0 Å². The average molecular weight is 586 g/mol. The van der Waals surface area contributed by atoms with Crippen molar-refractivity contribution in [2.45, 2.75) is 51.9 Å². The predicted octanol–water partition coefficient (Wildman–Crippen LogP) is 3.40. The SMILES string of the molecule is CCOC(=O)N1CCN(C(=O)C[C@@H]2C[C@@]3(C(=O)OC)CCCCC=C3N(CCc3ccc(OC)c(OC)c3)C2=O)CC1. The summed E-state index contributed by atoms with van der Waals surface area (Å²) in [6.45, 7) is 3.89. The highest BCUT2D eigenvalue weighted by Crippen LogP contribution is 2.49. The van der Waals surface area contributed by atoms with E-state index < -0.39 is 11.3 Å². The molecular weight excluding hydrogens is 542 g/mol. The minimum absolute atomic E-state index is 0.00285. The quantitative estimate of drug-likeness (QED) is 0.405. The zero-order chi connectivity index (χ0) is 30.3. The fourth-order valence-electron chi connectivity index (χ4n) is 6.40. The first-order valence-electron chi connectivity index (χ1n) is 14.8. The predicted molar refractivity (Wildman–Crippen MR) is 154 cm³/mol. The lowest BCUT2D eigenvalue weighted by Crippen LogP contribution is -2.55. The molecule has 0 spiro atoms. The molecular formula is C31H43N3O8. The number of piperidine rings is 1. The highest BCUT2D eigenvalue weighted by atomic mass is 16.6. The van der Waals surface area contributed by atoms with Crippen LogP contribution in [0.2, 0.25) is 0 Å². The Balaban J connectivity index is 1.55. The van der Waals surface area contributed by atoms with Crippen molar-refractivity contribution in [1.82, 2.24) is 14.7 Å². The second-order valence-electron chi connectivity index (χ2n) is 11.0. The molecule has 42 heavy (non-hydrogen) atoms. The summed E-state index contributed by atoms with van der Waals surface area (Å²) >= 11 is 0. The van der Waals surface area contributed by atoms with E-state index in [4.69, 9.17) is 18.9 Å². The standard InChI is InChI=1S/C31H43N3O8/c1-5-42-30(38)33-17-15-32(16-18-33)27(35)20-23-21-31(29(37)41-4)13-8-6-7-9-26(31)34(28(23)36)14-12-22-10-11-24(39-2)25(19-22)40-3/h9-11,19,23H,5-8,12-18,20-21H2,1-4H3/t23-,31+/m1/s1. The Morgan fingerprint density at radius 2 is 1.69 bits per heavy atom. The van der Waals surface area contributed by atoms with E-state index >= 15 is 0 Å². The number of nitrogens with zero attached hydrogens (tertiary/aromatic N) is 3. The number of carbonyl (C=O) groups excluding carboxylic acids is 4. The molecule has 2 fully saturated rings. The van der Waals surface area contributed by atoms with E-state index in [2.05, 4.69) is 0 Å². The van der Waals surface area contributed by atoms with Crippen LogP contribution >= 0.6 is 0 Å². The molecule has 0 unspecified atom stereocenters. The van der Waals surface area contributed by atoms with Gasteiger partial charge in [-0.15, -0.1) is 0 Å². The second-order valence-corrected chi connectivity index (χ2v) is 11.0. The van der Waals surface area contributed by atoms with Gasteiger partial charge in [0, 0.05) is 50.8 Å². The minimum Gasteiger partial charge on any atom is -0.493 e. The number of fused-ring (bicyclic) bond motifs is 1. The van der Waals surface area contributed by atoms with Crippen molar-refractivity contribution in [3.63, 3.8) is 0 Å². The van der Waals surface area contributed by atoms with Gasteiger partial charge in [0.25, 0.3) is 0 Å². The molecule has 0 saturated carbocycles. The number of amides is 3. The highest BCUT2D eigenvalue weighted by Gasteiger charge is 2.54. The van der Waals surface area contributed by atoms with Gasteiger partial charge in [-0.25, -0.2) is 4.79 Å². The molecule has 11 heteroatoms. The Hall–Kier alpha value is -3.76. The monoisotopic (exact) mass is 585 g/mol. The van der Waals surface area contributed by atoms with Gasteiger partial charge < -0.3 is 33.6 Å². The number of hydrogen-bond acceptors (Lipinski definition) is 8. The molecule has 11 nitrogen and oxygen atoms in total. The molecule has 0 radical (unpaired) electrons. The number of rotatable bonds is 9. The van der Waals surface area contributed by atoms with Gasteiger partial charge in [0.1, 0.15) is 5.41 Å². The molecule has 1 aliphatic carbocycles. The smallest absolute Gasteiger partial charge is 0.409 e. The third-order valence-electron chi connectivity index (χ3n) is 8.61. The van der Waals surface area contributed by atoms with Crippen LogP contribution in [-0.2, 0) is 30.3 Å². The van der Waals surface area contributed by atoms with Crippen molar-refractivity contribution >= 4 is 23.9 Å². The lowest BCUT2D eigenvalue weighted by Gasteiger charge is -2.46. The van der Waals surface area contributed by atoms with E-state index in [0.717, 1.165) is 24.8 Å². The number of hydrogen-bond donors (Lipinski definition) is 0. The molecule has 2 aliphatic heterocycles. The maximum Gasteiger partial charge on any atom is 0.409 e. The number of methoxy groups -OCH3 is 3. The molecule has 3 amide bonds. The van der Waals surface area contributed by atoms with Crippen molar-refractivity contribution in [2.24, 2.45) is 11.3 Å². The molecule has 1 aromatic rings. The van der Waals surface area contributed by atoms with Crippen LogP contribution in [0.1, 0.15) is 51.0 Å². The van der Waals surface area contributed by atoms with Gasteiger partial charge in [-0.3, -0.25) is 14.4 Å². The van der Waals surface area contributed by atoms with E-state index in [1.54, 1.807) is 35.8 Å². The van der Waals surface area contributed by atoms with E-state index in [1.165, 1.54) is 7.11 Å². The van der Waals surface area contributed by atoms with Crippen LogP contribution in [0.15, 0.2) is 30.0 Å². The molecule has 2 saturated heterocycles. The van der Waals surface area contributed by atoms with Gasteiger partial charge in [-0.05, 0) is 56.7 Å². The number of carbonyl (C=O) groups is 4. The number of benzene rings is 1. The summed E-state index contributed by atoms with van der Waals surface area (Å²) in [6, 6.07) is 5.65. The number of piperazine rings is 1. The van der Waals surface area contributed by atoms with Crippen LogP contribution in [0.25, 0.3) is 0 Å². The Morgan fingerprint density at radius 1 is 0.976 bits per heavy atom. The Morgan fingerprint density at radius 3 is 2.36 bits per heavy atom. The minimum atomic E-state index is -0.982. The van der Waals surface area contributed by atoms with Crippen LogP contribution in [-0.4, -0.2) is 99.2 Å². The molecule has 0 bridgehead atoms. The van der Waals surface area contributed by atoms with Crippen molar-refractivity contribution in [2.75, 3.05) is 60.7 Å². The number of allylic oxidation sites excluding steroid dienone is 1. The largest absolute Gasteiger partial charge is 0.493 e. The Labute approximate surface area is 247 Å². The fraction of sp³-hybridized carbons (Fsp3) is 0.613. The van der Waals surface area contributed by atoms with Crippen molar-refractivity contribution in [3.8, 4) is 11.5 Å². The van der Waals surface area contributed by atoms with Crippen LogP contribution in [0.3, 0.4) is 0 Å². The second kappa shape index (κ2) is 13.9. The average Bonchev–Trinajstić information content (AvgIpc) is 3.23. The Kier molecular flexibility index (Phi) is 10.3. The summed E-state index contributed by atoms with van der Waals surface area (Å²) in [4.78, 5) is 58.1. The summed E-state index contributed by atoms with van der Waals surface area (Å²) in [7, 11) is 4.54. The van der Waals surface area contributed by atoms with E-state index in [-0.39, 0.29) is 36.7 Å². The Bertz CT molecular complexity index is 1190. The first kappa shape index (κ1) is 31.2. The van der Waals surface area contributed by atoms with Gasteiger partial charge in [0.05, 0.1) is 27.9 Å². The van der Waals surface area contributed by atoms with Gasteiger partial charge in [-0.1, -0.05) is 18.6 Å². The first-order valence-corrected chi connectivity index (χ1v) is 14.8. The van der Waals surface area contributed by atoms with E-state index in [1.807, 2.05) is 24.3 Å². The fourth-order valence-corrected chi connectivity index (χ4v) is 6.40. The summed E-state index contributed by atoms with van der Waals surface area (Å²) in [5.41, 5.74) is 0.671. The molecule has 0 N–H and O–H groups in total. The third kappa shape index (κ3) is 6.50. The van der Waals surface area contributed by atoms with Crippen molar-refractivity contribution in [3.05, 3.63) is 35.5 Å². The van der Waals surface area contributed by atoms with Crippen molar-refractivity contribution < 1.29 is 38.1 Å². The van der Waals surface area contributed by atoms with Gasteiger partial charge in [0.15, 0.2) is 11.5 Å². The molecule has 1 aromatic carbocycles. The van der Waals surface area contributed by atoms with E-state index in [9.17, 15) is 19.2 Å². The summed E-state index contributed by atoms with van der Waals surface area (Å²) in [5, 5.41) is 0. The zero-order valence-electron chi connectivity index (χ0n) is 25.2. The summed E-state index contributed by atoms with van der Waals surface area (Å²) < 4.78 is 21.2. The molecule has 4 rings (SSSR count). The van der Waals surface area contributed by atoms with E-state index in [0.29, 0.717) is 69.4 Å². The van der Waals surface area contributed by atoms with Crippen LogP contribution in [0.5, 0.6) is 11.5 Å². The normalized spacial score (nSPS) is 22.5. The van der Waals surface area contributed by atoms with Gasteiger partial charge in [0.2, 0.25) is 11.8 Å². The zero-order valence-corrected chi connectivity index (χ0v) is 25.2. The summed E-state index contributed by atoms with van der Waals surface area (Å²) in [5.74, 6) is -0.114. The van der Waals surface area contributed by atoms with Gasteiger partial charge in [-0.2, -0.15) is 0 Å². The highest BCUT2D eigenvalue weighted by molar-refractivity contribution is 5.92. The summed E-state index contributed by atoms with van der Waals surface area (Å²) in [6.07, 6.45) is 5.46. The maximum absolute atomic E-state index is 14.1. The van der Waals surface area contributed by atoms with Crippen LogP contribution in [0, 0.1) is 11.3 Å². The maximum atomic E-state index is 14.1. The number of likely N-dealkylation sites (tertiary alicyclic amines) is 1. The lowest BCUT2D eigenvalue weighted by atomic mass is 9.69. The molecule has 230 valence electrons. The topological polar surface area (TPSA) is 115 Å². The van der Waals surface area contributed by atoms with Gasteiger partial charge >= 0.3 is 12.1 Å². The lowest BCUT2D eigenvalue weighted by molar-refractivity contribution is -0.160. The molecule has 3 aliphatic rings. The van der Waals surface area contributed by atoms with Crippen LogP contribution in [0.4, 0.5) is 4.79 Å². The van der Waals surface area contributed by atoms with Crippen LogP contribution < -0.4 is 9.47 Å².